The maximum absolute atomic E-state index is 13.8. The fraction of sp³-hybridized carbons (Fsp3) is 0.909. The fourth-order valence-corrected chi connectivity index (χ4v) is 3.48. The van der Waals surface area contributed by atoms with Gasteiger partial charge in [0, 0.05) is 18.4 Å². The van der Waals surface area contributed by atoms with Gasteiger partial charge in [0.1, 0.15) is 18.7 Å². The van der Waals surface area contributed by atoms with Crippen LogP contribution in [0, 0.1) is 11.8 Å². The molecule has 0 bridgehead atoms. The van der Waals surface area contributed by atoms with Gasteiger partial charge in [0.05, 0.1) is 0 Å². The maximum atomic E-state index is 13.8. The number of hydrogen-bond acceptors (Lipinski definition) is 3. The summed E-state index contributed by atoms with van der Waals surface area (Å²) in [6.07, 6.45) is 15.7. The number of hydrogen-bond donors (Lipinski definition) is 1. The summed E-state index contributed by atoms with van der Waals surface area (Å²) in [6, 6.07) is 0. The number of unbranched alkanes of at least 4 members (excludes halogenated alkanes) is 9. The van der Waals surface area contributed by atoms with Crippen LogP contribution in [0.15, 0.2) is 0 Å². The Morgan fingerprint density at radius 1 is 0.692 bits per heavy atom. The summed E-state index contributed by atoms with van der Waals surface area (Å²) in [5, 5.41) is 8.92. The zero-order valence-electron chi connectivity index (χ0n) is 16.8. The number of aliphatic hydroxyl groups excluding tert-OH is 1. The molecule has 0 saturated carbocycles. The lowest BCUT2D eigenvalue weighted by molar-refractivity contribution is -0.120. The van der Waals surface area contributed by atoms with Crippen LogP contribution in [0.1, 0.15) is 103 Å². The van der Waals surface area contributed by atoms with Gasteiger partial charge in [0.2, 0.25) is 0 Å². The lowest BCUT2D eigenvalue weighted by Crippen LogP contribution is -2.19. The molecule has 0 radical (unpaired) electrons. The molecule has 0 fully saturated rings. The minimum atomic E-state index is -0.628. The molecule has 0 aliphatic heterocycles. The van der Waals surface area contributed by atoms with Crippen molar-refractivity contribution in [3.63, 3.8) is 0 Å². The van der Waals surface area contributed by atoms with Crippen molar-refractivity contribution in [3.05, 3.63) is 0 Å². The van der Waals surface area contributed by atoms with Crippen LogP contribution in [-0.2, 0) is 9.59 Å². The SMILES string of the molecule is CCCCCCCC(F)CCCCCCCC[C@H](C=O)[C@H](C=O)CCO. The molecule has 3 nitrogen and oxygen atoms in total. The molecule has 0 aliphatic rings. The number of halogens is 1. The molecule has 0 aromatic carbocycles. The second-order valence-electron chi connectivity index (χ2n) is 7.61. The lowest BCUT2D eigenvalue weighted by atomic mass is 9.87. The Morgan fingerprint density at radius 3 is 1.58 bits per heavy atom. The minimum Gasteiger partial charge on any atom is -0.396 e. The van der Waals surface area contributed by atoms with Crippen molar-refractivity contribution in [1.82, 2.24) is 0 Å². The van der Waals surface area contributed by atoms with Gasteiger partial charge >= 0.3 is 0 Å². The molecule has 0 spiro atoms. The van der Waals surface area contributed by atoms with Crippen LogP contribution in [0.4, 0.5) is 4.39 Å². The van der Waals surface area contributed by atoms with E-state index in [9.17, 15) is 14.0 Å². The van der Waals surface area contributed by atoms with Crippen LogP contribution in [-0.4, -0.2) is 30.5 Å². The normalized spacial score (nSPS) is 14.7. The summed E-state index contributed by atoms with van der Waals surface area (Å²) < 4.78 is 13.8. The average Bonchev–Trinajstić information content (AvgIpc) is 2.65. The molecule has 0 aromatic heterocycles. The fourth-order valence-electron chi connectivity index (χ4n) is 3.48. The first-order valence-electron chi connectivity index (χ1n) is 10.8. The molecule has 0 aliphatic carbocycles. The van der Waals surface area contributed by atoms with E-state index in [4.69, 9.17) is 5.11 Å². The average molecular weight is 373 g/mol. The van der Waals surface area contributed by atoms with Gasteiger partial charge in [-0.1, -0.05) is 77.6 Å². The van der Waals surface area contributed by atoms with Gasteiger partial charge in [0.25, 0.3) is 0 Å². The highest BCUT2D eigenvalue weighted by molar-refractivity contribution is 5.64. The van der Waals surface area contributed by atoms with Crippen LogP contribution in [0.5, 0.6) is 0 Å². The predicted octanol–water partition coefficient (Wildman–Crippen LogP) is 5.82. The van der Waals surface area contributed by atoms with Gasteiger partial charge < -0.3 is 14.7 Å². The monoisotopic (exact) mass is 372 g/mol. The second-order valence-corrected chi connectivity index (χ2v) is 7.61. The summed E-state index contributed by atoms with van der Waals surface area (Å²) >= 11 is 0. The van der Waals surface area contributed by atoms with Crippen LogP contribution in [0.3, 0.4) is 0 Å². The van der Waals surface area contributed by atoms with E-state index < -0.39 is 6.17 Å². The van der Waals surface area contributed by atoms with Gasteiger partial charge in [-0.05, 0) is 25.7 Å². The number of rotatable bonds is 20. The van der Waals surface area contributed by atoms with Crippen LogP contribution in [0.25, 0.3) is 0 Å². The van der Waals surface area contributed by atoms with E-state index in [0.29, 0.717) is 12.8 Å². The first kappa shape index (κ1) is 25.2. The van der Waals surface area contributed by atoms with Crippen molar-refractivity contribution in [2.45, 2.75) is 109 Å². The second kappa shape index (κ2) is 19.0. The Bertz CT molecular complexity index is 323. The van der Waals surface area contributed by atoms with E-state index in [-0.39, 0.29) is 18.4 Å². The van der Waals surface area contributed by atoms with E-state index in [1.54, 1.807) is 0 Å². The highest BCUT2D eigenvalue weighted by Gasteiger charge is 2.19. The third-order valence-electron chi connectivity index (χ3n) is 5.29. The number of carbonyl (C=O) groups is 2. The molecular weight excluding hydrogens is 331 g/mol. The Hall–Kier alpha value is -0.770. The molecule has 0 rings (SSSR count). The van der Waals surface area contributed by atoms with E-state index in [0.717, 1.165) is 70.4 Å². The molecule has 0 aromatic rings. The number of aldehydes is 2. The number of aliphatic hydroxyl groups is 1. The maximum Gasteiger partial charge on any atom is 0.123 e. The molecule has 3 atom stereocenters. The quantitative estimate of drug-likeness (QED) is 0.216. The minimum absolute atomic E-state index is 0.0535. The predicted molar refractivity (Wildman–Crippen MR) is 106 cm³/mol. The Morgan fingerprint density at radius 2 is 1.12 bits per heavy atom. The first-order valence-corrected chi connectivity index (χ1v) is 10.8. The number of alkyl halides is 1. The van der Waals surface area contributed by atoms with Gasteiger partial charge in [-0.2, -0.15) is 0 Å². The number of carbonyl (C=O) groups excluding carboxylic acids is 2. The Balaban J connectivity index is 3.51. The summed E-state index contributed by atoms with van der Waals surface area (Å²) in [5.74, 6) is -0.606. The van der Waals surface area contributed by atoms with E-state index >= 15 is 0 Å². The molecular formula is C22H41FO3. The molecule has 0 heterocycles. The van der Waals surface area contributed by atoms with E-state index in [1.165, 1.54) is 25.7 Å². The molecule has 26 heavy (non-hydrogen) atoms. The van der Waals surface area contributed by atoms with Crippen molar-refractivity contribution in [2.75, 3.05) is 6.61 Å². The van der Waals surface area contributed by atoms with Crippen molar-refractivity contribution >= 4 is 12.6 Å². The van der Waals surface area contributed by atoms with Crippen LogP contribution < -0.4 is 0 Å². The highest BCUT2D eigenvalue weighted by atomic mass is 19.1. The van der Waals surface area contributed by atoms with Crippen molar-refractivity contribution < 1.29 is 19.1 Å². The molecule has 154 valence electrons. The van der Waals surface area contributed by atoms with Crippen molar-refractivity contribution in [1.29, 1.82) is 0 Å². The molecule has 0 amide bonds. The zero-order valence-corrected chi connectivity index (χ0v) is 16.8. The van der Waals surface area contributed by atoms with Crippen LogP contribution >= 0.6 is 0 Å². The van der Waals surface area contributed by atoms with Gasteiger partial charge in [-0.25, -0.2) is 4.39 Å². The molecule has 1 unspecified atom stereocenters. The summed E-state index contributed by atoms with van der Waals surface area (Å²) in [5.41, 5.74) is 0. The third kappa shape index (κ3) is 14.4. The van der Waals surface area contributed by atoms with E-state index in [1.807, 2.05) is 0 Å². The molecule has 0 saturated heterocycles. The first-order chi connectivity index (χ1) is 12.7. The van der Waals surface area contributed by atoms with Crippen molar-refractivity contribution in [2.24, 2.45) is 11.8 Å². The lowest BCUT2D eigenvalue weighted by Gasteiger charge is -2.16. The highest BCUT2D eigenvalue weighted by Crippen LogP contribution is 2.20. The van der Waals surface area contributed by atoms with Gasteiger partial charge in [0.15, 0.2) is 0 Å². The topological polar surface area (TPSA) is 54.4 Å². The molecule has 1 N–H and O–H groups in total. The van der Waals surface area contributed by atoms with E-state index in [2.05, 4.69) is 6.92 Å². The standard InChI is InChI=1S/C22H41FO3/c1-2-3-4-7-11-14-22(23)15-12-9-6-5-8-10-13-20(18-25)21(19-26)16-17-24/h18-22,24H,2-17H2,1H3/t20-,21+,22?/m1/s1. The summed E-state index contributed by atoms with van der Waals surface area (Å²) in [4.78, 5) is 22.1. The molecule has 4 heteroatoms. The Labute approximate surface area is 160 Å². The largest absolute Gasteiger partial charge is 0.396 e. The van der Waals surface area contributed by atoms with Gasteiger partial charge in [-0.15, -0.1) is 0 Å². The van der Waals surface area contributed by atoms with Crippen molar-refractivity contribution in [3.8, 4) is 0 Å². The summed E-state index contributed by atoms with van der Waals surface area (Å²) in [7, 11) is 0. The third-order valence-corrected chi connectivity index (χ3v) is 5.29. The zero-order chi connectivity index (χ0) is 19.5. The smallest absolute Gasteiger partial charge is 0.123 e. The van der Waals surface area contributed by atoms with Crippen LogP contribution in [0.2, 0.25) is 0 Å². The Kier molecular flexibility index (Phi) is 18.4. The van der Waals surface area contributed by atoms with Gasteiger partial charge in [-0.3, -0.25) is 0 Å². The summed E-state index contributed by atoms with van der Waals surface area (Å²) in [6.45, 7) is 2.14.